The number of benzene rings is 1. The summed E-state index contributed by atoms with van der Waals surface area (Å²) in [4.78, 5) is 12.3. The minimum Gasteiger partial charge on any atom is -0.353 e. The minimum atomic E-state index is -0.147. The molecule has 22 heavy (non-hydrogen) atoms. The topological polar surface area (TPSA) is 29.1 Å². The van der Waals surface area contributed by atoms with Crippen LogP contribution in [0.2, 0.25) is 5.02 Å². The minimum absolute atomic E-state index is 0.0395. The highest BCUT2D eigenvalue weighted by atomic mass is 35.5. The van der Waals surface area contributed by atoms with Gasteiger partial charge in [0.15, 0.2) is 0 Å². The first-order valence-electron chi connectivity index (χ1n) is 7.62. The molecule has 0 aliphatic heterocycles. The lowest BCUT2D eigenvalue weighted by atomic mass is 9.93. The highest BCUT2D eigenvalue weighted by molar-refractivity contribution is 6.55. The summed E-state index contributed by atoms with van der Waals surface area (Å²) in [6, 6.07) is 7.71. The number of allylic oxidation sites excluding steroid dienone is 1. The number of rotatable bonds is 5. The fraction of sp³-hybridized carbons (Fsp3) is 0.471. The number of carbonyl (C=O) groups excluding carboxylic acids is 1. The molecule has 1 N–H and O–H groups in total. The summed E-state index contributed by atoms with van der Waals surface area (Å²) in [6.45, 7) is 0. The normalized spacial score (nSPS) is 16.9. The predicted molar refractivity (Wildman–Crippen MR) is 93.6 cm³/mol. The van der Waals surface area contributed by atoms with Gasteiger partial charge in [-0.05, 0) is 36.6 Å². The molecule has 0 aromatic heterocycles. The van der Waals surface area contributed by atoms with Crippen molar-refractivity contribution in [1.29, 1.82) is 0 Å². The van der Waals surface area contributed by atoms with E-state index in [9.17, 15) is 4.79 Å². The SMILES string of the molecule is O=C(CC(C=C(Cl)Cl)c1ccc(Cl)cc1)NC1CCCCC1. The molecule has 1 aromatic carbocycles. The van der Waals surface area contributed by atoms with Crippen molar-refractivity contribution in [3.05, 3.63) is 45.4 Å². The van der Waals surface area contributed by atoms with Gasteiger partial charge in [-0.25, -0.2) is 0 Å². The Hall–Kier alpha value is -0.700. The van der Waals surface area contributed by atoms with E-state index in [2.05, 4.69) is 5.32 Å². The summed E-state index contributed by atoms with van der Waals surface area (Å²) in [5, 5.41) is 3.79. The summed E-state index contributed by atoms with van der Waals surface area (Å²) in [6.07, 6.45) is 7.84. The van der Waals surface area contributed by atoms with Gasteiger partial charge < -0.3 is 5.32 Å². The van der Waals surface area contributed by atoms with Crippen LogP contribution in [0.15, 0.2) is 34.8 Å². The molecule has 1 fully saturated rings. The molecule has 0 heterocycles. The van der Waals surface area contributed by atoms with E-state index in [4.69, 9.17) is 34.8 Å². The van der Waals surface area contributed by atoms with Crippen molar-refractivity contribution in [2.24, 2.45) is 0 Å². The van der Waals surface area contributed by atoms with E-state index < -0.39 is 0 Å². The molecular weight excluding hydrogens is 341 g/mol. The molecule has 2 rings (SSSR count). The number of amides is 1. The zero-order chi connectivity index (χ0) is 15.9. The molecule has 1 saturated carbocycles. The third kappa shape index (κ3) is 5.83. The van der Waals surface area contributed by atoms with Crippen LogP contribution < -0.4 is 5.32 Å². The first kappa shape index (κ1) is 17.7. The van der Waals surface area contributed by atoms with Gasteiger partial charge >= 0.3 is 0 Å². The maximum atomic E-state index is 12.3. The van der Waals surface area contributed by atoms with Gasteiger partial charge in [-0.2, -0.15) is 0 Å². The Morgan fingerprint density at radius 2 is 1.82 bits per heavy atom. The fourth-order valence-corrected chi connectivity index (χ4v) is 3.30. The second kappa shape index (κ2) is 8.81. The van der Waals surface area contributed by atoms with Crippen molar-refractivity contribution >= 4 is 40.7 Å². The van der Waals surface area contributed by atoms with E-state index >= 15 is 0 Å². The first-order valence-corrected chi connectivity index (χ1v) is 8.75. The first-order chi connectivity index (χ1) is 10.5. The van der Waals surface area contributed by atoms with Crippen LogP contribution >= 0.6 is 34.8 Å². The standard InChI is InChI=1S/C17H20Cl3NO/c18-14-8-6-12(7-9-14)13(10-16(19)20)11-17(22)21-15-4-2-1-3-5-15/h6-10,13,15H,1-5,11H2,(H,21,22). The monoisotopic (exact) mass is 359 g/mol. The molecule has 1 aliphatic rings. The number of carbonyl (C=O) groups is 1. The van der Waals surface area contributed by atoms with Crippen LogP contribution in [-0.4, -0.2) is 11.9 Å². The fourth-order valence-electron chi connectivity index (χ4n) is 2.87. The average molecular weight is 361 g/mol. The summed E-state index contributed by atoms with van der Waals surface area (Å²) in [5.74, 6) is -0.108. The van der Waals surface area contributed by atoms with Gasteiger partial charge in [0.1, 0.15) is 4.49 Å². The van der Waals surface area contributed by atoms with E-state index in [0.29, 0.717) is 17.5 Å². The van der Waals surface area contributed by atoms with Gasteiger partial charge in [-0.1, -0.05) is 66.2 Å². The largest absolute Gasteiger partial charge is 0.353 e. The van der Waals surface area contributed by atoms with Crippen LogP contribution in [0.5, 0.6) is 0 Å². The van der Waals surface area contributed by atoms with Crippen molar-refractivity contribution in [2.75, 3.05) is 0 Å². The van der Waals surface area contributed by atoms with E-state index in [1.165, 1.54) is 19.3 Å². The van der Waals surface area contributed by atoms with Crippen molar-refractivity contribution in [3.8, 4) is 0 Å². The lowest BCUT2D eigenvalue weighted by molar-refractivity contribution is -0.122. The zero-order valence-corrected chi connectivity index (χ0v) is 14.6. The van der Waals surface area contributed by atoms with Crippen LogP contribution in [0.25, 0.3) is 0 Å². The van der Waals surface area contributed by atoms with Crippen LogP contribution in [0.4, 0.5) is 0 Å². The Kier molecular flexibility index (Phi) is 7.07. The van der Waals surface area contributed by atoms with Gasteiger partial charge in [-0.15, -0.1) is 0 Å². The number of hydrogen-bond donors (Lipinski definition) is 1. The molecule has 2 nitrogen and oxygen atoms in total. The number of hydrogen-bond acceptors (Lipinski definition) is 1. The molecule has 0 saturated heterocycles. The molecule has 1 aromatic rings. The summed E-state index contributed by atoms with van der Waals surface area (Å²) in [5.41, 5.74) is 0.974. The van der Waals surface area contributed by atoms with Crippen molar-refractivity contribution in [3.63, 3.8) is 0 Å². The third-order valence-corrected chi connectivity index (χ3v) is 4.50. The van der Waals surface area contributed by atoms with E-state index in [-0.39, 0.29) is 16.3 Å². The van der Waals surface area contributed by atoms with Crippen molar-refractivity contribution in [2.45, 2.75) is 50.5 Å². The maximum Gasteiger partial charge on any atom is 0.221 e. The summed E-state index contributed by atoms with van der Waals surface area (Å²) >= 11 is 17.5. The highest BCUT2D eigenvalue weighted by Crippen LogP contribution is 2.27. The lowest BCUT2D eigenvalue weighted by Crippen LogP contribution is -2.36. The van der Waals surface area contributed by atoms with Crippen LogP contribution in [0.3, 0.4) is 0 Å². The quantitative estimate of drug-likeness (QED) is 0.729. The molecule has 5 heteroatoms. The second-order valence-corrected chi connectivity index (χ2v) is 7.17. The van der Waals surface area contributed by atoms with Gasteiger partial charge in [0.2, 0.25) is 5.91 Å². The Balaban J connectivity index is 2.01. The highest BCUT2D eigenvalue weighted by Gasteiger charge is 2.19. The van der Waals surface area contributed by atoms with Gasteiger partial charge in [0, 0.05) is 23.4 Å². The average Bonchev–Trinajstić information content (AvgIpc) is 2.48. The molecule has 1 atom stereocenters. The van der Waals surface area contributed by atoms with Gasteiger partial charge in [0.25, 0.3) is 0 Å². The Morgan fingerprint density at radius 3 is 2.41 bits per heavy atom. The Labute approximate surface area is 146 Å². The van der Waals surface area contributed by atoms with E-state index in [1.54, 1.807) is 18.2 Å². The molecule has 120 valence electrons. The smallest absolute Gasteiger partial charge is 0.221 e. The van der Waals surface area contributed by atoms with Crippen LogP contribution in [0.1, 0.15) is 50.0 Å². The molecular formula is C17H20Cl3NO. The van der Waals surface area contributed by atoms with Crippen LogP contribution in [-0.2, 0) is 4.79 Å². The predicted octanol–water partition coefficient (Wildman–Crippen LogP) is 5.58. The second-order valence-electron chi connectivity index (χ2n) is 5.72. The lowest BCUT2D eigenvalue weighted by Gasteiger charge is -2.23. The zero-order valence-electron chi connectivity index (χ0n) is 12.3. The van der Waals surface area contributed by atoms with Crippen molar-refractivity contribution in [1.82, 2.24) is 5.32 Å². The molecule has 0 radical (unpaired) electrons. The van der Waals surface area contributed by atoms with Gasteiger partial charge in [-0.3, -0.25) is 4.79 Å². The summed E-state index contributed by atoms with van der Waals surface area (Å²) in [7, 11) is 0. The maximum absolute atomic E-state index is 12.3. The summed E-state index contributed by atoms with van der Waals surface area (Å²) < 4.78 is 0.172. The van der Waals surface area contributed by atoms with E-state index in [0.717, 1.165) is 18.4 Å². The van der Waals surface area contributed by atoms with Gasteiger partial charge in [0.05, 0.1) is 0 Å². The number of nitrogens with one attached hydrogen (secondary N) is 1. The molecule has 1 unspecified atom stereocenters. The number of halogens is 3. The molecule has 1 aliphatic carbocycles. The molecule has 0 bridgehead atoms. The molecule has 1 amide bonds. The van der Waals surface area contributed by atoms with Crippen molar-refractivity contribution < 1.29 is 4.79 Å². The Morgan fingerprint density at radius 1 is 1.18 bits per heavy atom. The van der Waals surface area contributed by atoms with Crippen LogP contribution in [0, 0.1) is 0 Å². The third-order valence-electron chi connectivity index (χ3n) is 4.00. The Bertz CT molecular complexity index is 517. The molecule has 0 spiro atoms. The van der Waals surface area contributed by atoms with E-state index in [1.807, 2.05) is 12.1 Å².